The molecule has 1 aromatic heterocycles. The van der Waals surface area contributed by atoms with Crippen LogP contribution in [0.5, 0.6) is 0 Å². The standard InChI is InChI=1S/C24H16ClFN2O2S2/c25-17-8-11-20(19(12-17)23(30)16-4-2-1-3-5-16)27-22(29)14-32-24-28-21(13-31-24)15-6-9-18(26)10-7-15/h1-13H,14H2,(H,27,29). The third kappa shape index (κ3) is 5.43. The number of nitrogens with one attached hydrogen (secondary N) is 1. The van der Waals surface area contributed by atoms with Crippen LogP contribution in [0.4, 0.5) is 10.1 Å². The molecule has 8 heteroatoms. The summed E-state index contributed by atoms with van der Waals surface area (Å²) >= 11 is 8.79. The van der Waals surface area contributed by atoms with Gasteiger partial charge in [-0.15, -0.1) is 11.3 Å². The zero-order valence-corrected chi connectivity index (χ0v) is 18.9. The summed E-state index contributed by atoms with van der Waals surface area (Å²) in [6, 6.07) is 19.7. The lowest BCUT2D eigenvalue weighted by atomic mass is 10.0. The van der Waals surface area contributed by atoms with Gasteiger partial charge in [-0.05, 0) is 42.5 Å². The van der Waals surface area contributed by atoms with Crippen LogP contribution in [0, 0.1) is 5.82 Å². The van der Waals surface area contributed by atoms with Gasteiger partial charge >= 0.3 is 0 Å². The predicted molar refractivity (Wildman–Crippen MR) is 128 cm³/mol. The van der Waals surface area contributed by atoms with Crippen molar-refractivity contribution in [3.05, 3.63) is 100 Å². The van der Waals surface area contributed by atoms with E-state index >= 15 is 0 Å². The van der Waals surface area contributed by atoms with Crippen LogP contribution in [0.3, 0.4) is 0 Å². The first kappa shape index (κ1) is 22.2. The number of amides is 1. The van der Waals surface area contributed by atoms with E-state index in [0.717, 1.165) is 15.6 Å². The molecule has 32 heavy (non-hydrogen) atoms. The molecule has 0 fully saturated rings. The molecule has 0 atom stereocenters. The molecule has 0 aliphatic carbocycles. The van der Waals surface area contributed by atoms with Crippen LogP contribution in [0.25, 0.3) is 11.3 Å². The first-order valence-corrected chi connectivity index (χ1v) is 11.8. The van der Waals surface area contributed by atoms with Crippen LogP contribution in [-0.4, -0.2) is 22.4 Å². The lowest BCUT2D eigenvalue weighted by molar-refractivity contribution is -0.113. The van der Waals surface area contributed by atoms with E-state index in [4.69, 9.17) is 11.6 Å². The zero-order valence-electron chi connectivity index (χ0n) is 16.5. The Morgan fingerprint density at radius 3 is 2.53 bits per heavy atom. The summed E-state index contributed by atoms with van der Waals surface area (Å²) in [5.41, 5.74) is 2.78. The number of thioether (sulfide) groups is 1. The number of carbonyl (C=O) groups is 2. The van der Waals surface area contributed by atoms with Gasteiger partial charge in [0.05, 0.1) is 17.1 Å². The van der Waals surface area contributed by atoms with Gasteiger partial charge in [0.15, 0.2) is 10.1 Å². The van der Waals surface area contributed by atoms with E-state index in [9.17, 15) is 14.0 Å². The Balaban J connectivity index is 1.43. The fraction of sp³-hybridized carbons (Fsp3) is 0.0417. The minimum absolute atomic E-state index is 0.123. The number of nitrogens with zero attached hydrogens (tertiary/aromatic N) is 1. The Bertz CT molecular complexity index is 1260. The molecule has 0 saturated heterocycles. The molecule has 0 spiro atoms. The van der Waals surface area contributed by atoms with Crippen molar-refractivity contribution in [2.24, 2.45) is 0 Å². The van der Waals surface area contributed by atoms with Crippen molar-refractivity contribution < 1.29 is 14.0 Å². The van der Waals surface area contributed by atoms with E-state index in [0.29, 0.717) is 21.8 Å². The number of benzene rings is 3. The molecule has 1 N–H and O–H groups in total. The minimum atomic E-state index is -0.303. The summed E-state index contributed by atoms with van der Waals surface area (Å²) in [5.74, 6) is -0.668. The Labute approximate surface area is 197 Å². The van der Waals surface area contributed by atoms with Gasteiger partial charge in [-0.1, -0.05) is 53.7 Å². The number of hydrogen-bond acceptors (Lipinski definition) is 5. The van der Waals surface area contributed by atoms with Crippen molar-refractivity contribution in [2.75, 3.05) is 11.1 Å². The number of ketones is 1. The second kappa shape index (κ2) is 10.1. The summed E-state index contributed by atoms with van der Waals surface area (Å²) in [4.78, 5) is 29.9. The molecule has 0 saturated carbocycles. The largest absolute Gasteiger partial charge is 0.325 e. The molecule has 1 heterocycles. The molecule has 4 nitrogen and oxygen atoms in total. The highest BCUT2D eigenvalue weighted by molar-refractivity contribution is 8.01. The number of carbonyl (C=O) groups excluding carboxylic acids is 2. The third-order valence-corrected chi connectivity index (χ3v) is 6.74. The molecule has 0 radical (unpaired) electrons. The van der Waals surface area contributed by atoms with E-state index in [1.165, 1.54) is 35.2 Å². The van der Waals surface area contributed by atoms with E-state index in [2.05, 4.69) is 10.3 Å². The van der Waals surface area contributed by atoms with Crippen molar-refractivity contribution in [3.63, 3.8) is 0 Å². The number of rotatable bonds is 7. The van der Waals surface area contributed by atoms with Gasteiger partial charge in [0.2, 0.25) is 5.91 Å². The third-order valence-electron chi connectivity index (χ3n) is 4.49. The fourth-order valence-corrected chi connectivity index (χ4v) is 4.76. The molecule has 0 bridgehead atoms. The molecule has 1 amide bonds. The summed E-state index contributed by atoms with van der Waals surface area (Å²) in [6.07, 6.45) is 0. The number of halogens is 2. The SMILES string of the molecule is O=C(CSc1nc(-c2ccc(F)cc2)cs1)Nc1ccc(Cl)cc1C(=O)c1ccccc1. The molecule has 0 unspecified atom stereocenters. The van der Waals surface area contributed by atoms with Gasteiger partial charge < -0.3 is 5.32 Å². The first-order chi connectivity index (χ1) is 15.5. The Morgan fingerprint density at radius 1 is 1.03 bits per heavy atom. The van der Waals surface area contributed by atoms with Crippen LogP contribution in [-0.2, 0) is 4.79 Å². The van der Waals surface area contributed by atoms with Crippen LogP contribution in [0.2, 0.25) is 5.02 Å². The highest BCUT2D eigenvalue weighted by Crippen LogP contribution is 2.29. The summed E-state index contributed by atoms with van der Waals surface area (Å²) in [7, 11) is 0. The molecule has 3 aromatic carbocycles. The summed E-state index contributed by atoms with van der Waals surface area (Å²) in [5, 5.41) is 5.07. The van der Waals surface area contributed by atoms with Crippen LogP contribution < -0.4 is 5.32 Å². The smallest absolute Gasteiger partial charge is 0.234 e. The van der Waals surface area contributed by atoms with Gasteiger partial charge in [-0.2, -0.15) is 0 Å². The number of thiazole rings is 1. The van der Waals surface area contributed by atoms with Crippen molar-refractivity contribution in [1.82, 2.24) is 4.98 Å². The molecule has 4 aromatic rings. The van der Waals surface area contributed by atoms with Crippen molar-refractivity contribution in [1.29, 1.82) is 0 Å². The van der Waals surface area contributed by atoms with Gasteiger partial charge in [0, 0.05) is 27.1 Å². The van der Waals surface area contributed by atoms with E-state index in [1.54, 1.807) is 54.6 Å². The molecule has 4 rings (SSSR count). The highest BCUT2D eigenvalue weighted by atomic mass is 35.5. The van der Waals surface area contributed by atoms with Crippen LogP contribution in [0.1, 0.15) is 15.9 Å². The molecule has 0 aliphatic rings. The summed E-state index contributed by atoms with van der Waals surface area (Å²) < 4.78 is 13.8. The number of aromatic nitrogens is 1. The average molecular weight is 483 g/mol. The maximum Gasteiger partial charge on any atom is 0.234 e. The van der Waals surface area contributed by atoms with E-state index in [-0.39, 0.29) is 23.3 Å². The first-order valence-electron chi connectivity index (χ1n) is 9.53. The van der Waals surface area contributed by atoms with E-state index in [1.807, 2.05) is 11.4 Å². The molecular formula is C24H16ClFN2O2S2. The highest BCUT2D eigenvalue weighted by Gasteiger charge is 2.16. The Kier molecular flexibility index (Phi) is 6.99. The lowest BCUT2D eigenvalue weighted by Crippen LogP contribution is -2.17. The predicted octanol–water partition coefficient (Wildman–Crippen LogP) is 6.56. The lowest BCUT2D eigenvalue weighted by Gasteiger charge is -2.11. The molecule has 0 aliphatic heterocycles. The fourth-order valence-electron chi connectivity index (χ4n) is 2.95. The monoisotopic (exact) mass is 482 g/mol. The Morgan fingerprint density at radius 2 is 1.78 bits per heavy atom. The van der Waals surface area contributed by atoms with Crippen molar-refractivity contribution in [3.8, 4) is 11.3 Å². The quantitative estimate of drug-likeness (QED) is 0.239. The Hall–Kier alpha value is -3.00. The molecule has 160 valence electrons. The van der Waals surface area contributed by atoms with Gasteiger partial charge in [0.25, 0.3) is 0 Å². The topological polar surface area (TPSA) is 59.1 Å². The zero-order chi connectivity index (χ0) is 22.5. The normalized spacial score (nSPS) is 10.7. The number of anilines is 1. The maximum atomic E-state index is 13.1. The van der Waals surface area contributed by atoms with Crippen molar-refractivity contribution >= 4 is 52.1 Å². The van der Waals surface area contributed by atoms with E-state index < -0.39 is 0 Å². The minimum Gasteiger partial charge on any atom is -0.325 e. The average Bonchev–Trinajstić information content (AvgIpc) is 3.28. The molecular weight excluding hydrogens is 467 g/mol. The summed E-state index contributed by atoms with van der Waals surface area (Å²) in [6.45, 7) is 0. The van der Waals surface area contributed by atoms with Crippen LogP contribution in [0.15, 0.2) is 82.5 Å². The van der Waals surface area contributed by atoms with Gasteiger partial charge in [-0.3, -0.25) is 9.59 Å². The van der Waals surface area contributed by atoms with Crippen LogP contribution >= 0.6 is 34.7 Å². The van der Waals surface area contributed by atoms with Gasteiger partial charge in [0.1, 0.15) is 5.82 Å². The van der Waals surface area contributed by atoms with Crippen molar-refractivity contribution in [2.45, 2.75) is 4.34 Å². The maximum absolute atomic E-state index is 13.1. The second-order valence-electron chi connectivity index (χ2n) is 6.73. The number of hydrogen-bond donors (Lipinski definition) is 1. The van der Waals surface area contributed by atoms with Gasteiger partial charge in [-0.25, -0.2) is 9.37 Å². The second-order valence-corrected chi connectivity index (χ2v) is 9.24.